The van der Waals surface area contributed by atoms with E-state index in [0.717, 1.165) is 22.3 Å². The topological polar surface area (TPSA) is 105 Å². The summed E-state index contributed by atoms with van der Waals surface area (Å²) in [5.74, 6) is -1.92. The van der Waals surface area contributed by atoms with E-state index in [0.29, 0.717) is 19.3 Å². The Morgan fingerprint density at radius 2 is 1.55 bits per heavy atom. The van der Waals surface area contributed by atoms with E-state index < -0.39 is 30.1 Å². The molecular weight excluding hydrogens is 420 g/mol. The van der Waals surface area contributed by atoms with E-state index in [1.165, 1.54) is 0 Å². The molecule has 33 heavy (non-hydrogen) atoms. The van der Waals surface area contributed by atoms with Crippen molar-refractivity contribution >= 4 is 18.0 Å². The summed E-state index contributed by atoms with van der Waals surface area (Å²) in [6.07, 6.45) is 0.933. The summed E-state index contributed by atoms with van der Waals surface area (Å²) in [5.41, 5.74) is 4.48. The van der Waals surface area contributed by atoms with Crippen molar-refractivity contribution in [2.75, 3.05) is 6.61 Å². The van der Waals surface area contributed by atoms with Crippen LogP contribution < -0.4 is 10.6 Å². The molecule has 2 amide bonds. The number of carboxylic acid groups (broad SMARTS) is 1. The highest BCUT2D eigenvalue weighted by Gasteiger charge is 2.31. The molecule has 3 rings (SSSR count). The predicted octanol–water partition coefficient (Wildman–Crippen LogP) is 4.31. The van der Waals surface area contributed by atoms with Crippen LogP contribution in [0.1, 0.15) is 57.1 Å². The number of fused-ring (bicyclic) bond motifs is 3. The van der Waals surface area contributed by atoms with Gasteiger partial charge in [-0.25, -0.2) is 9.59 Å². The number of aliphatic carboxylic acids is 1. The fourth-order valence-electron chi connectivity index (χ4n) is 4.28. The molecule has 0 fully saturated rings. The summed E-state index contributed by atoms with van der Waals surface area (Å²) >= 11 is 0. The van der Waals surface area contributed by atoms with Crippen LogP contribution in [-0.2, 0) is 14.3 Å². The van der Waals surface area contributed by atoms with Gasteiger partial charge >= 0.3 is 12.1 Å². The molecule has 0 aliphatic heterocycles. The SMILES string of the molecule is CCC[C@H](NC(=O)OCC1c2ccccc2-c2ccccc21)C(=O)NC(C(=O)O)C(C)CC. The van der Waals surface area contributed by atoms with Crippen LogP contribution in [0.15, 0.2) is 48.5 Å². The van der Waals surface area contributed by atoms with Crippen LogP contribution in [-0.4, -0.2) is 41.8 Å². The second-order valence-electron chi connectivity index (χ2n) is 8.52. The highest BCUT2D eigenvalue weighted by molar-refractivity contribution is 5.89. The van der Waals surface area contributed by atoms with Gasteiger partial charge in [-0.2, -0.15) is 0 Å². The van der Waals surface area contributed by atoms with E-state index in [1.807, 2.05) is 50.2 Å². The highest BCUT2D eigenvalue weighted by Crippen LogP contribution is 2.44. The van der Waals surface area contributed by atoms with Gasteiger partial charge in [-0.1, -0.05) is 82.1 Å². The fourth-order valence-corrected chi connectivity index (χ4v) is 4.28. The maximum atomic E-state index is 12.7. The van der Waals surface area contributed by atoms with Crippen LogP contribution >= 0.6 is 0 Å². The number of alkyl carbamates (subject to hydrolysis) is 1. The Labute approximate surface area is 194 Å². The van der Waals surface area contributed by atoms with Crippen molar-refractivity contribution < 1.29 is 24.2 Å². The molecule has 176 valence electrons. The molecule has 3 atom stereocenters. The molecule has 2 aromatic carbocycles. The van der Waals surface area contributed by atoms with Gasteiger partial charge in [0.05, 0.1) is 0 Å². The van der Waals surface area contributed by atoms with E-state index in [2.05, 4.69) is 22.8 Å². The van der Waals surface area contributed by atoms with Gasteiger partial charge in [0.15, 0.2) is 0 Å². The number of carbonyl (C=O) groups is 3. The van der Waals surface area contributed by atoms with Gasteiger partial charge in [-0.15, -0.1) is 0 Å². The molecule has 0 heterocycles. The number of carbonyl (C=O) groups excluding carboxylic acids is 2. The van der Waals surface area contributed by atoms with E-state index in [1.54, 1.807) is 6.92 Å². The number of carboxylic acids is 1. The Morgan fingerprint density at radius 3 is 2.06 bits per heavy atom. The smallest absolute Gasteiger partial charge is 0.407 e. The number of ether oxygens (including phenoxy) is 1. The summed E-state index contributed by atoms with van der Waals surface area (Å²) < 4.78 is 5.54. The van der Waals surface area contributed by atoms with Crippen LogP contribution in [0.25, 0.3) is 11.1 Å². The van der Waals surface area contributed by atoms with Crippen LogP contribution in [0, 0.1) is 5.92 Å². The number of hydrogen-bond acceptors (Lipinski definition) is 4. The first-order chi connectivity index (χ1) is 15.9. The third-order valence-electron chi connectivity index (χ3n) is 6.31. The molecule has 0 bridgehead atoms. The van der Waals surface area contributed by atoms with Crippen molar-refractivity contribution in [3.63, 3.8) is 0 Å². The monoisotopic (exact) mass is 452 g/mol. The van der Waals surface area contributed by atoms with Crippen molar-refractivity contribution in [2.45, 2.75) is 58.0 Å². The normalized spacial score (nSPS) is 15.0. The highest BCUT2D eigenvalue weighted by atomic mass is 16.5. The summed E-state index contributed by atoms with van der Waals surface area (Å²) in [6.45, 7) is 5.67. The minimum atomic E-state index is -1.09. The van der Waals surface area contributed by atoms with Crippen molar-refractivity contribution in [3.8, 4) is 11.1 Å². The molecule has 0 saturated carbocycles. The molecule has 2 unspecified atom stereocenters. The average Bonchev–Trinajstić information content (AvgIpc) is 3.13. The molecule has 7 heteroatoms. The summed E-state index contributed by atoms with van der Waals surface area (Å²) in [7, 11) is 0. The van der Waals surface area contributed by atoms with Crippen LogP contribution in [0.3, 0.4) is 0 Å². The maximum absolute atomic E-state index is 12.7. The van der Waals surface area contributed by atoms with E-state index >= 15 is 0 Å². The lowest BCUT2D eigenvalue weighted by atomic mass is 9.98. The lowest BCUT2D eigenvalue weighted by molar-refractivity contribution is -0.143. The first-order valence-corrected chi connectivity index (χ1v) is 11.5. The molecule has 7 nitrogen and oxygen atoms in total. The Hall–Kier alpha value is -3.35. The molecule has 2 aromatic rings. The minimum Gasteiger partial charge on any atom is -0.480 e. The van der Waals surface area contributed by atoms with E-state index in [9.17, 15) is 19.5 Å². The Bertz CT molecular complexity index is 960. The largest absolute Gasteiger partial charge is 0.480 e. The molecule has 0 saturated heterocycles. The number of amides is 2. The molecule has 1 aliphatic rings. The van der Waals surface area contributed by atoms with Crippen molar-refractivity contribution in [2.24, 2.45) is 5.92 Å². The van der Waals surface area contributed by atoms with E-state index in [-0.39, 0.29) is 18.4 Å². The number of nitrogens with one attached hydrogen (secondary N) is 2. The molecular formula is C26H32N2O5. The second kappa shape index (κ2) is 11.0. The Kier molecular flexibility index (Phi) is 8.09. The van der Waals surface area contributed by atoms with Crippen molar-refractivity contribution in [1.29, 1.82) is 0 Å². The zero-order valence-electron chi connectivity index (χ0n) is 19.3. The molecule has 3 N–H and O–H groups in total. The predicted molar refractivity (Wildman–Crippen MR) is 126 cm³/mol. The van der Waals surface area contributed by atoms with E-state index in [4.69, 9.17) is 4.74 Å². The van der Waals surface area contributed by atoms with Crippen LogP contribution in [0.5, 0.6) is 0 Å². The number of hydrogen-bond donors (Lipinski definition) is 3. The third kappa shape index (κ3) is 5.53. The quantitative estimate of drug-likeness (QED) is 0.498. The molecule has 1 aliphatic carbocycles. The zero-order chi connectivity index (χ0) is 24.0. The summed E-state index contributed by atoms with van der Waals surface area (Å²) in [4.78, 5) is 36.9. The van der Waals surface area contributed by atoms with Gasteiger partial charge < -0.3 is 20.5 Å². The second-order valence-corrected chi connectivity index (χ2v) is 8.52. The van der Waals surface area contributed by atoms with Crippen LogP contribution in [0.4, 0.5) is 4.79 Å². The maximum Gasteiger partial charge on any atom is 0.407 e. The van der Waals surface area contributed by atoms with Gasteiger partial charge in [0.1, 0.15) is 18.7 Å². The Balaban J connectivity index is 1.65. The van der Waals surface area contributed by atoms with Gasteiger partial charge in [-0.3, -0.25) is 4.79 Å². The average molecular weight is 453 g/mol. The van der Waals surface area contributed by atoms with Gasteiger partial charge in [-0.05, 0) is 34.6 Å². The standard InChI is InChI=1S/C26H32N2O5/c1-4-10-22(24(29)28-23(25(30)31)16(3)5-2)27-26(32)33-15-21-19-13-8-6-11-17(19)18-12-7-9-14-20(18)21/h6-9,11-14,16,21-23H,4-5,10,15H2,1-3H3,(H,27,32)(H,28,29)(H,30,31)/t16?,22-,23?/m0/s1. The Morgan fingerprint density at radius 1 is 0.970 bits per heavy atom. The molecule has 0 radical (unpaired) electrons. The van der Waals surface area contributed by atoms with Gasteiger partial charge in [0.25, 0.3) is 0 Å². The summed E-state index contributed by atoms with van der Waals surface area (Å²) in [5, 5.41) is 14.7. The minimum absolute atomic E-state index is 0.0802. The first-order valence-electron chi connectivity index (χ1n) is 11.5. The number of rotatable bonds is 10. The number of benzene rings is 2. The fraction of sp³-hybridized carbons (Fsp3) is 0.423. The third-order valence-corrected chi connectivity index (χ3v) is 6.31. The van der Waals surface area contributed by atoms with Crippen molar-refractivity contribution in [3.05, 3.63) is 59.7 Å². The lowest BCUT2D eigenvalue weighted by Crippen LogP contribution is -2.53. The van der Waals surface area contributed by atoms with Crippen molar-refractivity contribution in [1.82, 2.24) is 10.6 Å². The lowest BCUT2D eigenvalue weighted by Gasteiger charge is -2.24. The van der Waals surface area contributed by atoms with Gasteiger partial charge in [0.2, 0.25) is 5.91 Å². The molecule has 0 spiro atoms. The van der Waals surface area contributed by atoms with Gasteiger partial charge in [0, 0.05) is 5.92 Å². The summed E-state index contributed by atoms with van der Waals surface area (Å²) in [6, 6.07) is 14.2. The van der Waals surface area contributed by atoms with Crippen LogP contribution in [0.2, 0.25) is 0 Å². The molecule has 0 aromatic heterocycles. The zero-order valence-corrected chi connectivity index (χ0v) is 19.3. The first kappa shape index (κ1) is 24.3.